The zero-order valence-corrected chi connectivity index (χ0v) is 14.5. The van der Waals surface area contributed by atoms with Crippen molar-refractivity contribution >= 4 is 14.0 Å². The monoisotopic (exact) mass is 342 g/mol. The van der Waals surface area contributed by atoms with Gasteiger partial charge in [0, 0.05) is 0 Å². The second-order valence-corrected chi connectivity index (χ2v) is 10.4. The Hall–Kier alpha value is 0.164. The topological polar surface area (TPSA) is 0 Å². The number of allylic oxidation sites excluding steroid dienone is 5. The minimum Gasteiger partial charge on any atom is -1.00 e. The van der Waals surface area contributed by atoms with Crippen molar-refractivity contribution in [2.75, 3.05) is 6.66 Å². The summed E-state index contributed by atoms with van der Waals surface area (Å²) >= 11 is -0.0142. The normalized spacial score (nSPS) is 28.4. The zero-order valence-electron chi connectivity index (χ0n) is 10.5. The van der Waals surface area contributed by atoms with E-state index in [1.165, 1.54) is 12.0 Å². The fourth-order valence-electron chi connectivity index (χ4n) is 3.12. The van der Waals surface area contributed by atoms with Gasteiger partial charge in [0.1, 0.15) is 0 Å². The van der Waals surface area contributed by atoms with Crippen LogP contribution in [0.4, 0.5) is 0 Å². The van der Waals surface area contributed by atoms with Crippen molar-refractivity contribution in [3.63, 3.8) is 0 Å². The molecule has 0 aromatic heterocycles. The molecule has 4 rings (SSSR count). The maximum Gasteiger partial charge on any atom is -1.00 e. The molecule has 1 aromatic rings. The summed E-state index contributed by atoms with van der Waals surface area (Å²) in [5.74, 6) is 0. The summed E-state index contributed by atoms with van der Waals surface area (Å²) in [5.41, 5.74) is 3.09. The summed E-state index contributed by atoms with van der Waals surface area (Å²) in [6.45, 7) is 2.49. The molecule has 2 unspecified atom stereocenters. The molecule has 4 heteroatoms. The largest absolute Gasteiger partial charge is 1.00 e. The van der Waals surface area contributed by atoms with E-state index in [9.17, 15) is 0 Å². The molecule has 3 aliphatic rings. The molecule has 1 aliphatic heterocycles. The molecule has 1 spiro atoms. The molecule has 1 heterocycles. The van der Waals surface area contributed by atoms with E-state index >= 15 is 0 Å². The van der Waals surface area contributed by atoms with Gasteiger partial charge >= 0.3 is 113 Å². The van der Waals surface area contributed by atoms with E-state index < -0.39 is 0 Å². The first kappa shape index (κ1) is 15.6. The first-order valence-electron chi connectivity index (χ1n) is 6.02. The van der Waals surface area contributed by atoms with Crippen LogP contribution in [0.25, 0.3) is 6.08 Å². The maximum absolute atomic E-state index is 2.54. The summed E-state index contributed by atoms with van der Waals surface area (Å²) in [7, 11) is -0.0158. The Morgan fingerprint density at radius 3 is 2.74 bits per heavy atom. The van der Waals surface area contributed by atoms with Crippen LogP contribution in [0.5, 0.6) is 0 Å². The Bertz CT molecular complexity index is 606. The summed E-state index contributed by atoms with van der Waals surface area (Å²) in [4.78, 5) is 0. The van der Waals surface area contributed by atoms with Gasteiger partial charge in [-0.3, -0.25) is 0 Å². The average molecular weight is 343 g/mol. The molecule has 0 saturated carbocycles. The number of rotatable bonds is 0. The van der Waals surface area contributed by atoms with Crippen LogP contribution in [-0.2, 0) is 22.6 Å². The van der Waals surface area contributed by atoms with Gasteiger partial charge in [0.15, 0.2) is 0 Å². The third-order valence-corrected chi connectivity index (χ3v) is 11.5. The van der Waals surface area contributed by atoms with Gasteiger partial charge < -0.3 is 24.8 Å². The smallest absolute Gasteiger partial charge is 1.00 e. The zero-order chi connectivity index (χ0) is 11.5. The van der Waals surface area contributed by atoms with Gasteiger partial charge in [-0.05, 0) is 0 Å². The molecule has 0 N–H and O–H groups in total. The van der Waals surface area contributed by atoms with Crippen LogP contribution in [0.2, 0.25) is 0 Å². The Morgan fingerprint density at radius 1 is 1.16 bits per heavy atom. The van der Waals surface area contributed by atoms with E-state index in [0.29, 0.717) is 3.46 Å². The van der Waals surface area contributed by atoms with Gasteiger partial charge in [-0.25, -0.2) is 0 Å². The molecule has 0 fully saturated rings. The second-order valence-electron chi connectivity index (χ2n) is 4.84. The molecule has 0 nitrogen and oxygen atoms in total. The van der Waals surface area contributed by atoms with E-state index in [-0.39, 0.29) is 51.9 Å². The molecule has 0 saturated heterocycles. The predicted molar refractivity (Wildman–Crippen MR) is 70.8 cm³/mol. The van der Waals surface area contributed by atoms with E-state index in [1.807, 2.05) is 3.88 Å². The first-order chi connectivity index (χ1) is 8.31. The van der Waals surface area contributed by atoms with Crippen LogP contribution in [0.15, 0.2) is 51.7 Å². The fraction of sp³-hybridized carbons (Fsp3) is 0.200. The maximum atomic E-state index is 2.54. The van der Waals surface area contributed by atoms with Crippen LogP contribution >= 0.6 is 7.92 Å². The van der Waals surface area contributed by atoms with Crippen LogP contribution in [0, 0.1) is 0 Å². The molecule has 96 valence electrons. The quantitative estimate of drug-likeness (QED) is 0.388. The van der Waals surface area contributed by atoms with Crippen molar-refractivity contribution in [2.45, 2.75) is 9.88 Å². The number of fused-ring (bicyclic) bond motifs is 2. The third kappa shape index (κ3) is 2.05. The number of halogens is 2. The first-order valence-corrected chi connectivity index (χ1v) is 9.37. The van der Waals surface area contributed by atoms with Crippen LogP contribution in [0.1, 0.15) is 17.5 Å². The summed E-state index contributed by atoms with van der Waals surface area (Å²) in [6, 6.07) is 9.01. The van der Waals surface area contributed by atoms with Gasteiger partial charge in [0.05, 0.1) is 0 Å². The Kier molecular flexibility index (Phi) is 4.51. The van der Waals surface area contributed by atoms with Gasteiger partial charge in [-0.1, -0.05) is 0 Å². The third-order valence-electron chi connectivity index (χ3n) is 4.01. The fourth-order valence-corrected chi connectivity index (χ4v) is 10.5. The summed E-state index contributed by atoms with van der Waals surface area (Å²) < 4.78 is 2.28. The van der Waals surface area contributed by atoms with Gasteiger partial charge in [0.2, 0.25) is 0 Å². The molecule has 2 aliphatic carbocycles. The standard InChI is InChI=1S/C15H13P.2ClH.Ti/c1-16(13-7-3-4-8-13)15-11-10-12-6-2-5-9-14(12)15;;;/h2-3,5-7,9-11H,4H2,1H3;2*1H;/q;;;+2/p-2. The average Bonchev–Trinajstić information content (AvgIpc) is 3.00. The van der Waals surface area contributed by atoms with Crippen molar-refractivity contribution < 1.29 is 44.0 Å². The van der Waals surface area contributed by atoms with Gasteiger partial charge in [0.25, 0.3) is 0 Å². The van der Waals surface area contributed by atoms with Crippen molar-refractivity contribution in [3.8, 4) is 0 Å². The Morgan fingerprint density at radius 2 is 1.95 bits per heavy atom. The van der Waals surface area contributed by atoms with Crippen molar-refractivity contribution in [1.82, 2.24) is 0 Å². The van der Waals surface area contributed by atoms with Gasteiger partial charge in [-0.2, -0.15) is 0 Å². The van der Waals surface area contributed by atoms with E-state index in [2.05, 4.69) is 55.2 Å². The summed E-state index contributed by atoms with van der Waals surface area (Å²) in [5, 5.41) is 1.72. The van der Waals surface area contributed by atoms with Crippen LogP contribution < -0.4 is 24.8 Å². The summed E-state index contributed by atoms with van der Waals surface area (Å²) in [6.07, 6.45) is 10.9. The Labute approximate surface area is 136 Å². The minimum atomic E-state index is -0.0158. The number of benzene rings is 1. The van der Waals surface area contributed by atoms with Gasteiger partial charge in [-0.15, -0.1) is 0 Å². The number of hydrogen-bond donors (Lipinski definition) is 0. The van der Waals surface area contributed by atoms with Crippen LogP contribution in [-0.4, -0.2) is 6.66 Å². The van der Waals surface area contributed by atoms with E-state index in [1.54, 1.807) is 10.9 Å². The molecule has 0 bridgehead atoms. The van der Waals surface area contributed by atoms with E-state index in [0.717, 1.165) is 0 Å². The second kappa shape index (κ2) is 5.51. The van der Waals surface area contributed by atoms with E-state index in [4.69, 9.17) is 0 Å². The molecular formula is C15H13Cl2PTi. The molecule has 0 radical (unpaired) electrons. The molecular weight excluding hydrogens is 330 g/mol. The SMILES string of the molecule is CP1C2=[C](CC=C2)[Ti+2][C]12C=Cc1ccccc12.[Cl-].[Cl-]. The van der Waals surface area contributed by atoms with Crippen molar-refractivity contribution in [3.05, 3.63) is 62.8 Å². The van der Waals surface area contributed by atoms with Crippen molar-refractivity contribution in [2.24, 2.45) is 0 Å². The number of hydrogen-bond acceptors (Lipinski definition) is 0. The Balaban J connectivity index is 0.000000667. The molecule has 19 heavy (non-hydrogen) atoms. The minimum absolute atomic E-state index is 0. The molecule has 0 amide bonds. The predicted octanol–water partition coefficient (Wildman–Crippen LogP) is -1.75. The molecule has 2 atom stereocenters. The van der Waals surface area contributed by atoms with Crippen LogP contribution in [0.3, 0.4) is 0 Å². The van der Waals surface area contributed by atoms with Crippen molar-refractivity contribution in [1.29, 1.82) is 0 Å². The molecule has 1 aromatic carbocycles.